The van der Waals surface area contributed by atoms with Crippen molar-refractivity contribution in [3.8, 4) is 0 Å². The molecule has 100 valence electrons. The van der Waals surface area contributed by atoms with E-state index in [4.69, 9.17) is 4.52 Å². The third-order valence-corrected chi connectivity index (χ3v) is 4.20. The smallest absolute Gasteiger partial charge is 0.133 e. The summed E-state index contributed by atoms with van der Waals surface area (Å²) in [5.41, 5.74) is 2.42. The molecule has 0 amide bonds. The zero-order valence-electron chi connectivity index (χ0n) is 10.9. The highest BCUT2D eigenvalue weighted by Crippen LogP contribution is 2.37. The summed E-state index contributed by atoms with van der Waals surface area (Å²) in [5.74, 6) is 1.56. The Bertz CT molecular complexity index is 561. The quantitative estimate of drug-likeness (QED) is 0.931. The van der Waals surface area contributed by atoms with Crippen molar-refractivity contribution in [1.29, 1.82) is 0 Å². The van der Waals surface area contributed by atoms with Crippen molar-refractivity contribution in [3.63, 3.8) is 0 Å². The number of halogens is 1. The van der Waals surface area contributed by atoms with E-state index in [1.54, 1.807) is 0 Å². The van der Waals surface area contributed by atoms with Crippen molar-refractivity contribution >= 4 is 15.9 Å². The molecule has 1 aliphatic rings. The maximum atomic E-state index is 5.06. The lowest BCUT2D eigenvalue weighted by Gasteiger charge is -2.36. The number of benzene rings is 1. The number of aryl methyl sites for hydroxylation is 1. The van der Waals surface area contributed by atoms with Gasteiger partial charge in [0.1, 0.15) is 5.76 Å². The Morgan fingerprint density at radius 1 is 1.37 bits per heavy atom. The van der Waals surface area contributed by atoms with Crippen LogP contribution in [0, 0.1) is 6.92 Å². The first-order chi connectivity index (χ1) is 9.20. The van der Waals surface area contributed by atoms with Crippen LogP contribution in [0.4, 0.5) is 0 Å². The van der Waals surface area contributed by atoms with Crippen LogP contribution in [-0.2, 0) is 6.54 Å². The summed E-state index contributed by atoms with van der Waals surface area (Å²) in [4.78, 5) is 0. The van der Waals surface area contributed by atoms with Gasteiger partial charge >= 0.3 is 0 Å². The maximum Gasteiger partial charge on any atom is 0.133 e. The first kappa shape index (κ1) is 12.9. The standard InChI is InChI=1S/C15H17BrN2O/c1-10-5-15(18-19-10)9-17-14-7-12(8-14)11-3-2-4-13(16)6-11/h2-6,12,14,17H,7-9H2,1H3. The summed E-state index contributed by atoms with van der Waals surface area (Å²) in [7, 11) is 0. The molecule has 0 saturated heterocycles. The highest BCUT2D eigenvalue weighted by Gasteiger charge is 2.29. The van der Waals surface area contributed by atoms with Crippen molar-refractivity contribution < 1.29 is 4.52 Å². The summed E-state index contributed by atoms with van der Waals surface area (Å²) >= 11 is 3.53. The summed E-state index contributed by atoms with van der Waals surface area (Å²) in [5, 5.41) is 7.52. The van der Waals surface area contributed by atoms with Crippen LogP contribution >= 0.6 is 15.9 Å². The molecule has 0 spiro atoms. The van der Waals surface area contributed by atoms with Gasteiger partial charge in [0.15, 0.2) is 0 Å². The fourth-order valence-electron chi connectivity index (χ4n) is 2.57. The molecule has 3 nitrogen and oxygen atoms in total. The molecule has 3 rings (SSSR count). The molecule has 0 bridgehead atoms. The third kappa shape index (κ3) is 3.07. The van der Waals surface area contributed by atoms with E-state index in [0.717, 1.165) is 18.0 Å². The molecule has 1 fully saturated rings. The minimum atomic E-state index is 0.598. The summed E-state index contributed by atoms with van der Waals surface area (Å²) in [6.45, 7) is 2.72. The number of hydrogen-bond donors (Lipinski definition) is 1. The van der Waals surface area contributed by atoms with E-state index in [2.05, 4.69) is 50.7 Å². The minimum absolute atomic E-state index is 0.598. The molecule has 19 heavy (non-hydrogen) atoms. The predicted molar refractivity (Wildman–Crippen MR) is 78.0 cm³/mol. The van der Waals surface area contributed by atoms with Gasteiger partial charge in [-0.2, -0.15) is 0 Å². The number of rotatable bonds is 4. The second kappa shape index (κ2) is 5.47. The fraction of sp³-hybridized carbons (Fsp3) is 0.400. The lowest BCUT2D eigenvalue weighted by atomic mass is 9.76. The van der Waals surface area contributed by atoms with Gasteiger partial charge in [0.2, 0.25) is 0 Å². The second-order valence-corrected chi connectivity index (χ2v) is 6.15. The van der Waals surface area contributed by atoms with Gasteiger partial charge in [-0.1, -0.05) is 33.2 Å². The molecular weight excluding hydrogens is 304 g/mol. The Morgan fingerprint density at radius 2 is 2.21 bits per heavy atom. The number of hydrogen-bond acceptors (Lipinski definition) is 3. The molecule has 1 aliphatic carbocycles. The Morgan fingerprint density at radius 3 is 2.89 bits per heavy atom. The Hall–Kier alpha value is -1.13. The zero-order valence-corrected chi connectivity index (χ0v) is 12.5. The van der Waals surface area contributed by atoms with Crippen LogP contribution in [0.15, 0.2) is 39.3 Å². The highest BCUT2D eigenvalue weighted by atomic mass is 79.9. The summed E-state index contributed by atoms with van der Waals surface area (Å²) < 4.78 is 6.22. The van der Waals surface area contributed by atoms with E-state index in [0.29, 0.717) is 12.0 Å². The summed E-state index contributed by atoms with van der Waals surface area (Å²) in [6.07, 6.45) is 2.40. The molecule has 4 heteroatoms. The van der Waals surface area contributed by atoms with Gasteiger partial charge < -0.3 is 9.84 Å². The Balaban J connectivity index is 1.48. The average molecular weight is 321 g/mol. The first-order valence-corrected chi connectivity index (χ1v) is 7.41. The normalized spacial score (nSPS) is 22.2. The average Bonchev–Trinajstić information content (AvgIpc) is 2.73. The second-order valence-electron chi connectivity index (χ2n) is 5.23. The first-order valence-electron chi connectivity index (χ1n) is 6.62. The van der Waals surface area contributed by atoms with Crippen LogP contribution in [-0.4, -0.2) is 11.2 Å². The molecule has 1 saturated carbocycles. The van der Waals surface area contributed by atoms with Gasteiger partial charge in [0.05, 0.1) is 5.69 Å². The molecule has 0 unspecified atom stereocenters. The van der Waals surface area contributed by atoms with Crippen LogP contribution in [0.3, 0.4) is 0 Å². The van der Waals surface area contributed by atoms with Gasteiger partial charge in [0.25, 0.3) is 0 Å². The monoisotopic (exact) mass is 320 g/mol. The minimum Gasteiger partial charge on any atom is -0.361 e. The molecule has 2 aromatic rings. The van der Waals surface area contributed by atoms with Gasteiger partial charge in [-0.3, -0.25) is 0 Å². The van der Waals surface area contributed by atoms with E-state index in [1.807, 2.05) is 13.0 Å². The van der Waals surface area contributed by atoms with E-state index in [-0.39, 0.29) is 0 Å². The van der Waals surface area contributed by atoms with Crippen molar-refractivity contribution in [2.75, 3.05) is 0 Å². The number of nitrogens with one attached hydrogen (secondary N) is 1. The molecule has 1 aromatic carbocycles. The van der Waals surface area contributed by atoms with Gasteiger partial charge in [-0.05, 0) is 43.4 Å². The maximum absolute atomic E-state index is 5.06. The van der Waals surface area contributed by atoms with Crippen LogP contribution < -0.4 is 5.32 Å². The topological polar surface area (TPSA) is 38.1 Å². The molecule has 1 aromatic heterocycles. The lowest BCUT2D eigenvalue weighted by molar-refractivity contribution is 0.286. The van der Waals surface area contributed by atoms with Gasteiger partial charge in [-0.15, -0.1) is 0 Å². The number of aromatic nitrogens is 1. The van der Waals surface area contributed by atoms with E-state index in [9.17, 15) is 0 Å². The largest absolute Gasteiger partial charge is 0.361 e. The zero-order chi connectivity index (χ0) is 13.2. The van der Waals surface area contributed by atoms with Crippen molar-refractivity contribution in [1.82, 2.24) is 10.5 Å². The van der Waals surface area contributed by atoms with Crippen molar-refractivity contribution in [2.24, 2.45) is 0 Å². The number of nitrogens with zero attached hydrogens (tertiary/aromatic N) is 1. The fourth-order valence-corrected chi connectivity index (χ4v) is 2.98. The van der Waals surface area contributed by atoms with Gasteiger partial charge in [0, 0.05) is 23.1 Å². The van der Waals surface area contributed by atoms with Crippen LogP contribution in [0.2, 0.25) is 0 Å². The molecule has 0 aliphatic heterocycles. The van der Waals surface area contributed by atoms with Crippen LogP contribution in [0.5, 0.6) is 0 Å². The van der Waals surface area contributed by atoms with Crippen molar-refractivity contribution in [3.05, 3.63) is 51.8 Å². The van der Waals surface area contributed by atoms with Crippen LogP contribution in [0.25, 0.3) is 0 Å². The summed E-state index contributed by atoms with van der Waals surface area (Å²) in [6, 6.07) is 11.2. The van der Waals surface area contributed by atoms with Crippen LogP contribution in [0.1, 0.15) is 35.8 Å². The van der Waals surface area contributed by atoms with E-state index >= 15 is 0 Å². The predicted octanol–water partition coefficient (Wildman–Crippen LogP) is 3.78. The van der Waals surface area contributed by atoms with Crippen molar-refractivity contribution in [2.45, 2.75) is 38.3 Å². The molecule has 0 radical (unpaired) electrons. The SMILES string of the molecule is Cc1cc(CNC2CC(c3cccc(Br)c3)C2)no1. The molecular formula is C15H17BrN2O. The molecule has 1 heterocycles. The Labute approximate surface area is 121 Å². The highest BCUT2D eigenvalue weighted by molar-refractivity contribution is 9.10. The molecule has 0 atom stereocenters. The third-order valence-electron chi connectivity index (χ3n) is 3.71. The van der Waals surface area contributed by atoms with E-state index < -0.39 is 0 Å². The lowest BCUT2D eigenvalue weighted by Crippen LogP contribution is -2.39. The molecule has 1 N–H and O–H groups in total. The van der Waals surface area contributed by atoms with E-state index in [1.165, 1.54) is 22.9 Å². The van der Waals surface area contributed by atoms with Gasteiger partial charge in [-0.25, -0.2) is 0 Å². The Kier molecular flexibility index (Phi) is 3.71.